The molecular weight excluding hydrogens is 446 g/mol. The number of imide groups is 1. The summed E-state index contributed by atoms with van der Waals surface area (Å²) < 4.78 is 2.23. The summed E-state index contributed by atoms with van der Waals surface area (Å²) in [4.78, 5) is 69.4. The molecule has 0 spiro atoms. The van der Waals surface area contributed by atoms with Crippen molar-refractivity contribution in [3.63, 3.8) is 0 Å². The number of aromatic nitrogens is 3. The molecule has 2 fully saturated rings. The maximum Gasteiger partial charge on any atom is 0.332 e. The van der Waals surface area contributed by atoms with Gasteiger partial charge in [-0.05, 0) is 37.3 Å². The molecule has 2 aromatic rings. The van der Waals surface area contributed by atoms with E-state index >= 15 is 0 Å². The van der Waals surface area contributed by atoms with Gasteiger partial charge in [0, 0.05) is 14.1 Å². The minimum atomic E-state index is -0.929. The van der Waals surface area contributed by atoms with Crippen LogP contribution in [-0.2, 0) is 28.5 Å². The van der Waals surface area contributed by atoms with E-state index in [-0.39, 0.29) is 40.4 Å². The number of hydrogen-bond donors (Lipinski definition) is 1. The summed E-state index contributed by atoms with van der Waals surface area (Å²) in [5.41, 5.74) is -0.561. The molecule has 2 aromatic heterocycles. The van der Waals surface area contributed by atoms with E-state index in [0.717, 1.165) is 17.4 Å². The largest absolute Gasteiger partial charge is 0.332 e. The SMILES string of the molecule is CSCCC(C(=O)Nc1cnc2c(c1)c(=O)n(C)c(=O)n2C)N1C(=O)C2CCCCC2C1=O. The number of likely N-dealkylation sites (tertiary alicyclic amines) is 1. The van der Waals surface area contributed by atoms with Crippen molar-refractivity contribution >= 4 is 46.2 Å². The van der Waals surface area contributed by atoms with Crippen LogP contribution in [0, 0.1) is 11.8 Å². The Morgan fingerprint density at radius 2 is 1.76 bits per heavy atom. The van der Waals surface area contributed by atoms with Crippen LogP contribution in [0.4, 0.5) is 5.69 Å². The van der Waals surface area contributed by atoms with E-state index in [2.05, 4.69) is 10.3 Å². The summed E-state index contributed by atoms with van der Waals surface area (Å²) in [5, 5.41) is 2.91. The van der Waals surface area contributed by atoms with Gasteiger partial charge in [-0.15, -0.1) is 0 Å². The summed E-state index contributed by atoms with van der Waals surface area (Å²) in [6.45, 7) is 0. The first-order chi connectivity index (χ1) is 15.8. The lowest BCUT2D eigenvalue weighted by Gasteiger charge is -2.26. The lowest BCUT2D eigenvalue weighted by molar-refractivity contribution is -0.146. The van der Waals surface area contributed by atoms with E-state index in [1.807, 2.05) is 6.26 Å². The Bertz CT molecular complexity index is 1230. The number of fused-ring (bicyclic) bond motifs is 2. The fourth-order valence-corrected chi connectivity index (χ4v) is 5.32. The molecule has 3 heterocycles. The lowest BCUT2D eigenvalue weighted by Crippen LogP contribution is -2.48. The molecule has 4 rings (SSSR count). The van der Waals surface area contributed by atoms with Crippen molar-refractivity contribution in [1.82, 2.24) is 19.0 Å². The van der Waals surface area contributed by atoms with Crippen molar-refractivity contribution in [3.05, 3.63) is 33.1 Å². The van der Waals surface area contributed by atoms with Gasteiger partial charge in [0.1, 0.15) is 11.7 Å². The van der Waals surface area contributed by atoms with Crippen LogP contribution in [0.3, 0.4) is 0 Å². The number of anilines is 1. The minimum Gasteiger partial charge on any atom is -0.323 e. The molecule has 1 saturated carbocycles. The highest BCUT2D eigenvalue weighted by atomic mass is 32.2. The van der Waals surface area contributed by atoms with Crippen molar-refractivity contribution in [2.45, 2.75) is 38.1 Å². The number of amides is 3. The fraction of sp³-hybridized carbons (Fsp3) is 0.545. The number of nitrogens with zero attached hydrogens (tertiary/aromatic N) is 4. The zero-order chi connectivity index (χ0) is 23.9. The van der Waals surface area contributed by atoms with Crippen LogP contribution in [0.25, 0.3) is 11.0 Å². The van der Waals surface area contributed by atoms with E-state index in [1.165, 1.54) is 47.6 Å². The Labute approximate surface area is 194 Å². The van der Waals surface area contributed by atoms with Gasteiger partial charge in [0.25, 0.3) is 5.56 Å². The zero-order valence-corrected chi connectivity index (χ0v) is 19.7. The van der Waals surface area contributed by atoms with Gasteiger partial charge in [-0.3, -0.25) is 33.2 Å². The van der Waals surface area contributed by atoms with Crippen LogP contribution in [0.5, 0.6) is 0 Å². The molecule has 3 amide bonds. The summed E-state index contributed by atoms with van der Waals surface area (Å²) >= 11 is 1.53. The molecule has 1 N–H and O–H groups in total. The number of hydrogen-bond acceptors (Lipinski definition) is 7. The van der Waals surface area contributed by atoms with Crippen LogP contribution in [-0.4, -0.2) is 54.8 Å². The summed E-state index contributed by atoms with van der Waals surface area (Å²) in [6.07, 6.45) is 6.78. The monoisotopic (exact) mass is 473 g/mol. The maximum absolute atomic E-state index is 13.3. The third-order valence-electron chi connectivity index (χ3n) is 6.65. The molecule has 3 atom stereocenters. The number of nitrogens with one attached hydrogen (secondary N) is 1. The first-order valence-electron chi connectivity index (χ1n) is 11.0. The Morgan fingerprint density at radius 3 is 2.36 bits per heavy atom. The van der Waals surface area contributed by atoms with E-state index < -0.39 is 23.2 Å². The number of rotatable bonds is 6. The van der Waals surface area contributed by atoms with E-state index in [9.17, 15) is 24.0 Å². The minimum absolute atomic E-state index is 0.178. The molecule has 3 unspecified atom stereocenters. The number of carbonyl (C=O) groups excluding carboxylic acids is 3. The number of thioether (sulfide) groups is 1. The van der Waals surface area contributed by atoms with Gasteiger partial charge in [0.2, 0.25) is 17.7 Å². The topological polar surface area (TPSA) is 123 Å². The Morgan fingerprint density at radius 1 is 1.12 bits per heavy atom. The standard InChI is InChI=1S/C22H27N5O5S/c1-25-17-15(19(29)26(2)22(25)32)10-12(11-23-17)24-18(28)16(8-9-33-3)27-20(30)13-6-4-5-7-14(13)21(27)31/h10-11,13-14,16H,4-9H2,1-3H3,(H,24,28). The fourth-order valence-electron chi connectivity index (χ4n) is 4.86. The number of pyridine rings is 1. The quantitative estimate of drug-likeness (QED) is 0.618. The van der Waals surface area contributed by atoms with Crippen LogP contribution >= 0.6 is 11.8 Å². The second kappa shape index (κ2) is 9.12. The lowest BCUT2D eigenvalue weighted by atomic mass is 9.81. The van der Waals surface area contributed by atoms with Crippen molar-refractivity contribution < 1.29 is 14.4 Å². The maximum atomic E-state index is 13.3. The third kappa shape index (κ3) is 3.98. The third-order valence-corrected chi connectivity index (χ3v) is 7.29. The van der Waals surface area contributed by atoms with Crippen LogP contribution in [0.1, 0.15) is 32.1 Å². The molecule has 1 aliphatic carbocycles. The molecule has 11 heteroatoms. The van der Waals surface area contributed by atoms with Crippen LogP contribution in [0.2, 0.25) is 0 Å². The summed E-state index contributed by atoms with van der Waals surface area (Å²) in [7, 11) is 2.88. The molecule has 0 aromatic carbocycles. The first kappa shape index (κ1) is 23.2. The van der Waals surface area contributed by atoms with E-state index in [1.54, 1.807) is 0 Å². The second-order valence-electron chi connectivity index (χ2n) is 8.63. The van der Waals surface area contributed by atoms with Gasteiger partial charge >= 0.3 is 5.69 Å². The zero-order valence-electron chi connectivity index (χ0n) is 18.9. The Balaban J connectivity index is 1.65. The second-order valence-corrected chi connectivity index (χ2v) is 9.62. The van der Waals surface area contributed by atoms with Gasteiger partial charge in [0.05, 0.1) is 29.1 Å². The normalized spacial score (nSPS) is 21.4. The van der Waals surface area contributed by atoms with E-state index in [0.29, 0.717) is 25.0 Å². The van der Waals surface area contributed by atoms with Crippen molar-refractivity contribution in [1.29, 1.82) is 0 Å². The molecular formula is C22H27N5O5S. The Kier molecular flexibility index (Phi) is 6.42. The predicted molar refractivity (Wildman–Crippen MR) is 125 cm³/mol. The summed E-state index contributed by atoms with van der Waals surface area (Å²) in [6, 6.07) is 0.530. The molecule has 176 valence electrons. The predicted octanol–water partition coefficient (Wildman–Crippen LogP) is 0.868. The highest BCUT2D eigenvalue weighted by Crippen LogP contribution is 2.39. The van der Waals surface area contributed by atoms with Crippen molar-refractivity contribution in [3.8, 4) is 0 Å². The highest BCUT2D eigenvalue weighted by Gasteiger charge is 2.51. The molecule has 33 heavy (non-hydrogen) atoms. The van der Waals surface area contributed by atoms with E-state index in [4.69, 9.17) is 0 Å². The number of carbonyl (C=O) groups is 3. The van der Waals surface area contributed by atoms with Crippen molar-refractivity contribution in [2.75, 3.05) is 17.3 Å². The first-order valence-corrected chi connectivity index (χ1v) is 12.4. The number of aryl methyl sites for hydroxylation is 1. The molecule has 1 aliphatic heterocycles. The van der Waals surface area contributed by atoms with Gasteiger partial charge < -0.3 is 5.32 Å². The van der Waals surface area contributed by atoms with Gasteiger partial charge in [-0.25, -0.2) is 9.78 Å². The van der Waals surface area contributed by atoms with Crippen LogP contribution in [0.15, 0.2) is 21.9 Å². The highest BCUT2D eigenvalue weighted by molar-refractivity contribution is 7.98. The molecule has 2 aliphatic rings. The smallest absolute Gasteiger partial charge is 0.323 e. The van der Waals surface area contributed by atoms with Crippen molar-refractivity contribution in [2.24, 2.45) is 25.9 Å². The van der Waals surface area contributed by atoms with Gasteiger partial charge in [-0.2, -0.15) is 11.8 Å². The molecule has 0 bridgehead atoms. The molecule has 0 radical (unpaired) electrons. The molecule has 10 nitrogen and oxygen atoms in total. The van der Waals surface area contributed by atoms with Gasteiger partial charge in [-0.1, -0.05) is 12.8 Å². The summed E-state index contributed by atoms with van der Waals surface area (Å²) in [5.74, 6) is -1.07. The van der Waals surface area contributed by atoms with Crippen LogP contribution < -0.4 is 16.6 Å². The molecule has 1 saturated heterocycles. The Hall–Kier alpha value is -2.95. The average molecular weight is 474 g/mol. The van der Waals surface area contributed by atoms with Gasteiger partial charge in [0.15, 0.2) is 0 Å². The average Bonchev–Trinajstić information content (AvgIpc) is 3.07.